The first-order valence-corrected chi connectivity index (χ1v) is 7.83. The molecular weight excluding hydrogens is 331 g/mol. The van der Waals surface area contributed by atoms with Gasteiger partial charge in [-0.25, -0.2) is 0 Å². The minimum Gasteiger partial charge on any atom is -0.495 e. The molecule has 0 atom stereocenters. The average Bonchev–Trinajstić information content (AvgIpc) is 2.90. The Labute approximate surface area is 144 Å². The predicted molar refractivity (Wildman–Crippen MR) is 93.6 cm³/mol. The Hall–Kier alpha value is -2.15. The largest absolute Gasteiger partial charge is 0.495 e. The maximum Gasteiger partial charge on any atom is 0.137 e. The third kappa shape index (κ3) is 2.65. The van der Waals surface area contributed by atoms with Gasteiger partial charge in [0.25, 0.3) is 0 Å². The third-order valence-electron chi connectivity index (χ3n) is 3.95. The fourth-order valence-corrected chi connectivity index (χ4v) is 3.39. The van der Waals surface area contributed by atoms with E-state index < -0.39 is 0 Å². The summed E-state index contributed by atoms with van der Waals surface area (Å²) < 4.78 is 5.25. The summed E-state index contributed by atoms with van der Waals surface area (Å²) in [5.74, 6) is 0.567. The first-order valence-electron chi connectivity index (χ1n) is 7.08. The number of aryl methyl sites for hydroxylation is 1. The number of H-pyrrole nitrogens is 1. The smallest absolute Gasteiger partial charge is 0.137 e. The molecule has 0 aliphatic rings. The van der Waals surface area contributed by atoms with Crippen LogP contribution in [0, 0.1) is 18.3 Å². The summed E-state index contributed by atoms with van der Waals surface area (Å²) in [5, 5.41) is 11.6. The fraction of sp³-hybridized carbons (Fsp3) is 0.167. The molecule has 3 aromatic rings. The quantitative estimate of drug-likeness (QED) is 0.704. The lowest BCUT2D eigenvalue weighted by molar-refractivity contribution is 0.414. The Balaban J connectivity index is 2.17. The average molecular weight is 345 g/mol. The van der Waals surface area contributed by atoms with Crippen molar-refractivity contribution in [2.24, 2.45) is 0 Å². The number of aromatic nitrogens is 1. The molecule has 0 saturated carbocycles. The molecule has 0 radical (unpaired) electrons. The van der Waals surface area contributed by atoms with Gasteiger partial charge in [-0.15, -0.1) is 0 Å². The zero-order valence-corrected chi connectivity index (χ0v) is 14.2. The van der Waals surface area contributed by atoms with E-state index in [1.54, 1.807) is 19.2 Å². The van der Waals surface area contributed by atoms with Crippen LogP contribution in [0.3, 0.4) is 0 Å². The summed E-state index contributed by atoms with van der Waals surface area (Å²) in [7, 11) is 1.56. The number of aromatic amines is 1. The molecule has 3 nitrogen and oxygen atoms in total. The van der Waals surface area contributed by atoms with Gasteiger partial charge in [0.15, 0.2) is 0 Å². The number of hydrogen-bond donors (Lipinski definition) is 1. The lowest BCUT2D eigenvalue weighted by atomic mass is 10.0. The Morgan fingerprint density at radius 3 is 2.70 bits per heavy atom. The van der Waals surface area contributed by atoms with Crippen LogP contribution >= 0.6 is 23.2 Å². The minimum absolute atomic E-state index is 0.436. The molecule has 0 aliphatic carbocycles. The highest BCUT2D eigenvalue weighted by Crippen LogP contribution is 2.36. The van der Waals surface area contributed by atoms with Gasteiger partial charge in [-0.2, -0.15) is 5.26 Å². The monoisotopic (exact) mass is 344 g/mol. The normalized spacial score (nSPS) is 10.7. The van der Waals surface area contributed by atoms with E-state index in [9.17, 15) is 5.26 Å². The molecular formula is C18H14Cl2N2O. The number of nitrogens with zero attached hydrogens (tertiary/aromatic N) is 1. The van der Waals surface area contributed by atoms with Crippen LogP contribution in [0.1, 0.15) is 22.4 Å². The summed E-state index contributed by atoms with van der Waals surface area (Å²) in [6.07, 6.45) is 0.436. The van der Waals surface area contributed by atoms with Gasteiger partial charge < -0.3 is 9.72 Å². The van der Waals surface area contributed by atoms with E-state index in [1.807, 2.05) is 25.1 Å². The molecule has 1 aromatic heterocycles. The molecule has 1 heterocycles. The molecule has 0 spiro atoms. The number of methoxy groups -OCH3 is 1. The van der Waals surface area contributed by atoms with Gasteiger partial charge in [-0.05, 0) is 36.2 Å². The second-order valence-electron chi connectivity index (χ2n) is 5.31. The van der Waals surface area contributed by atoms with Crippen LogP contribution in [0.25, 0.3) is 10.9 Å². The number of nitriles is 1. The maximum absolute atomic E-state index is 9.59. The van der Waals surface area contributed by atoms with Crippen LogP contribution in [-0.2, 0) is 6.42 Å². The minimum atomic E-state index is 0.436. The van der Waals surface area contributed by atoms with Gasteiger partial charge in [0.1, 0.15) is 11.8 Å². The Bertz CT molecular complexity index is 938. The molecule has 0 fully saturated rings. The van der Waals surface area contributed by atoms with E-state index in [4.69, 9.17) is 27.9 Å². The zero-order valence-electron chi connectivity index (χ0n) is 12.7. The van der Waals surface area contributed by atoms with Gasteiger partial charge in [-0.1, -0.05) is 35.3 Å². The van der Waals surface area contributed by atoms with Crippen molar-refractivity contribution >= 4 is 34.1 Å². The van der Waals surface area contributed by atoms with Crippen LogP contribution < -0.4 is 4.74 Å². The summed E-state index contributed by atoms with van der Waals surface area (Å²) in [5.41, 5.74) is 4.17. The highest BCUT2D eigenvalue weighted by atomic mass is 35.5. The van der Waals surface area contributed by atoms with E-state index in [1.165, 1.54) is 0 Å². The Morgan fingerprint density at radius 2 is 2.00 bits per heavy atom. The molecule has 23 heavy (non-hydrogen) atoms. The predicted octanol–water partition coefficient (Wildman–Crippen LogP) is 5.25. The summed E-state index contributed by atoms with van der Waals surface area (Å²) in [6, 6.07) is 11.7. The van der Waals surface area contributed by atoms with Gasteiger partial charge in [0.05, 0.1) is 17.7 Å². The van der Waals surface area contributed by atoms with Crippen molar-refractivity contribution in [2.75, 3.05) is 7.11 Å². The number of rotatable bonds is 3. The van der Waals surface area contributed by atoms with Crippen LogP contribution in [0.4, 0.5) is 0 Å². The van der Waals surface area contributed by atoms with Gasteiger partial charge in [0, 0.05) is 28.0 Å². The number of halogens is 2. The summed E-state index contributed by atoms with van der Waals surface area (Å²) in [4.78, 5) is 3.32. The van der Waals surface area contributed by atoms with E-state index >= 15 is 0 Å². The molecule has 116 valence electrons. The molecule has 2 aromatic carbocycles. The zero-order chi connectivity index (χ0) is 16.6. The van der Waals surface area contributed by atoms with E-state index in [-0.39, 0.29) is 0 Å². The van der Waals surface area contributed by atoms with Crippen LogP contribution in [-0.4, -0.2) is 12.1 Å². The van der Waals surface area contributed by atoms with Crippen LogP contribution in [0.15, 0.2) is 30.3 Å². The van der Waals surface area contributed by atoms with Crippen molar-refractivity contribution in [1.29, 1.82) is 5.26 Å². The first kappa shape index (κ1) is 15.7. The van der Waals surface area contributed by atoms with Crippen molar-refractivity contribution < 1.29 is 4.74 Å². The van der Waals surface area contributed by atoms with Crippen LogP contribution in [0.2, 0.25) is 10.0 Å². The van der Waals surface area contributed by atoms with Gasteiger partial charge >= 0.3 is 0 Å². The SMILES string of the molecule is COc1ccc(Cl)c(Cc2[nH]c3cccc(C)c3c2C#N)c1Cl. The van der Waals surface area contributed by atoms with Crippen molar-refractivity contribution in [2.45, 2.75) is 13.3 Å². The lowest BCUT2D eigenvalue weighted by Crippen LogP contribution is -1.96. The van der Waals surface area contributed by atoms with Gasteiger partial charge in [0.2, 0.25) is 0 Å². The first-order chi connectivity index (χ1) is 11.1. The number of hydrogen-bond acceptors (Lipinski definition) is 2. The molecule has 0 unspecified atom stereocenters. The lowest BCUT2D eigenvalue weighted by Gasteiger charge is -2.10. The number of fused-ring (bicyclic) bond motifs is 1. The van der Waals surface area contributed by atoms with Gasteiger partial charge in [-0.3, -0.25) is 0 Å². The second-order valence-corrected chi connectivity index (χ2v) is 6.09. The molecule has 0 aliphatic heterocycles. The number of nitrogens with one attached hydrogen (secondary N) is 1. The fourth-order valence-electron chi connectivity index (χ4n) is 2.81. The van der Waals surface area contributed by atoms with E-state index in [0.717, 1.165) is 27.7 Å². The third-order valence-corrected chi connectivity index (χ3v) is 4.71. The Morgan fingerprint density at radius 1 is 1.22 bits per heavy atom. The standard InChI is InChI=1S/C18H14Cl2N2O/c1-10-4-3-5-14-17(10)12(9-21)15(22-14)8-11-13(19)6-7-16(23-2)18(11)20/h3-7,22H,8H2,1-2H3. The summed E-state index contributed by atoms with van der Waals surface area (Å²) in [6.45, 7) is 1.99. The van der Waals surface area contributed by atoms with Crippen molar-refractivity contribution in [3.05, 3.63) is 62.8 Å². The van der Waals surface area contributed by atoms with E-state index in [0.29, 0.717) is 27.8 Å². The number of benzene rings is 2. The maximum atomic E-state index is 9.59. The topological polar surface area (TPSA) is 48.8 Å². The molecule has 0 saturated heterocycles. The van der Waals surface area contributed by atoms with E-state index in [2.05, 4.69) is 11.1 Å². The highest BCUT2D eigenvalue weighted by molar-refractivity contribution is 6.37. The molecule has 1 N–H and O–H groups in total. The van der Waals surface area contributed by atoms with Crippen molar-refractivity contribution in [3.8, 4) is 11.8 Å². The highest BCUT2D eigenvalue weighted by Gasteiger charge is 2.17. The van der Waals surface area contributed by atoms with Crippen molar-refractivity contribution in [3.63, 3.8) is 0 Å². The second kappa shape index (κ2) is 6.16. The Kier molecular flexibility index (Phi) is 4.21. The summed E-state index contributed by atoms with van der Waals surface area (Å²) >= 11 is 12.7. The molecule has 5 heteroatoms. The molecule has 0 amide bonds. The number of ether oxygens (including phenoxy) is 1. The van der Waals surface area contributed by atoms with Crippen molar-refractivity contribution in [1.82, 2.24) is 4.98 Å². The molecule has 0 bridgehead atoms. The van der Waals surface area contributed by atoms with Crippen LogP contribution in [0.5, 0.6) is 5.75 Å². The molecule has 3 rings (SSSR count).